The molecular formula is C10H13N. The van der Waals surface area contributed by atoms with Gasteiger partial charge in [0.25, 0.3) is 0 Å². The van der Waals surface area contributed by atoms with Crippen LogP contribution in [0, 0.1) is 29.6 Å². The molecule has 2 saturated carbocycles. The standard InChI is InChI=1S/C10H13N/c1-3-5-6-7-8-9(7)10(8)11-4-2/h4,7-10H,3H2,1-2H3. The van der Waals surface area contributed by atoms with Gasteiger partial charge in [0, 0.05) is 24.2 Å². The fourth-order valence-electron chi connectivity index (χ4n) is 1.76. The van der Waals surface area contributed by atoms with Crippen molar-refractivity contribution in [1.82, 2.24) is 0 Å². The summed E-state index contributed by atoms with van der Waals surface area (Å²) in [4.78, 5) is 4.33. The molecule has 2 unspecified atom stereocenters. The van der Waals surface area contributed by atoms with E-state index in [-0.39, 0.29) is 0 Å². The predicted octanol–water partition coefficient (Wildman–Crippen LogP) is 1.73. The monoisotopic (exact) mass is 147 g/mol. The maximum atomic E-state index is 4.33. The van der Waals surface area contributed by atoms with E-state index >= 15 is 0 Å². The number of nitrogens with zero attached hydrogens (tertiary/aromatic N) is 1. The minimum atomic E-state index is 0.663. The first-order valence-electron chi connectivity index (χ1n) is 4.36. The summed E-state index contributed by atoms with van der Waals surface area (Å²) >= 11 is 0. The largest absolute Gasteiger partial charge is 0.294 e. The maximum Gasteiger partial charge on any atom is 0.0583 e. The van der Waals surface area contributed by atoms with E-state index in [1.807, 2.05) is 13.1 Å². The van der Waals surface area contributed by atoms with Crippen LogP contribution in [0.25, 0.3) is 0 Å². The summed E-state index contributed by atoms with van der Waals surface area (Å²) in [5.41, 5.74) is 0. The van der Waals surface area contributed by atoms with E-state index < -0.39 is 0 Å². The Balaban J connectivity index is 1.78. The molecule has 0 aromatic carbocycles. The molecule has 2 fully saturated rings. The molecule has 0 spiro atoms. The summed E-state index contributed by atoms with van der Waals surface area (Å²) in [5, 5.41) is 0. The third-order valence-electron chi connectivity index (χ3n) is 2.55. The normalized spacial score (nSPS) is 44.5. The van der Waals surface area contributed by atoms with E-state index in [1.54, 1.807) is 0 Å². The van der Waals surface area contributed by atoms with Crippen LogP contribution in [0.2, 0.25) is 0 Å². The second kappa shape index (κ2) is 2.37. The second-order valence-corrected chi connectivity index (χ2v) is 3.25. The van der Waals surface area contributed by atoms with Crippen LogP contribution < -0.4 is 0 Å². The van der Waals surface area contributed by atoms with E-state index in [2.05, 4.69) is 23.8 Å². The van der Waals surface area contributed by atoms with Crippen molar-refractivity contribution in [2.45, 2.75) is 26.3 Å². The van der Waals surface area contributed by atoms with Crippen molar-refractivity contribution in [1.29, 1.82) is 0 Å². The Morgan fingerprint density at radius 3 is 2.73 bits per heavy atom. The van der Waals surface area contributed by atoms with Crippen LogP contribution in [0.4, 0.5) is 0 Å². The van der Waals surface area contributed by atoms with Gasteiger partial charge in [-0.25, -0.2) is 0 Å². The molecule has 58 valence electrons. The van der Waals surface area contributed by atoms with E-state index in [0.29, 0.717) is 6.04 Å². The number of hydrogen-bond acceptors (Lipinski definition) is 1. The first-order chi connectivity index (χ1) is 5.40. The van der Waals surface area contributed by atoms with Gasteiger partial charge >= 0.3 is 0 Å². The molecule has 0 aliphatic heterocycles. The molecule has 0 aromatic heterocycles. The van der Waals surface area contributed by atoms with Gasteiger partial charge < -0.3 is 0 Å². The third-order valence-corrected chi connectivity index (χ3v) is 2.55. The molecule has 2 rings (SSSR count). The average molecular weight is 147 g/mol. The Morgan fingerprint density at radius 2 is 2.18 bits per heavy atom. The van der Waals surface area contributed by atoms with Crippen LogP contribution in [0.5, 0.6) is 0 Å². The lowest BCUT2D eigenvalue weighted by atomic mass is 10.1. The highest BCUT2D eigenvalue weighted by Gasteiger charge is 2.73. The minimum absolute atomic E-state index is 0.663. The van der Waals surface area contributed by atoms with Gasteiger partial charge in [-0.2, -0.15) is 0 Å². The van der Waals surface area contributed by atoms with Crippen molar-refractivity contribution in [3.05, 3.63) is 0 Å². The zero-order valence-corrected chi connectivity index (χ0v) is 7.04. The molecule has 2 aliphatic rings. The van der Waals surface area contributed by atoms with Crippen LogP contribution in [-0.2, 0) is 0 Å². The summed E-state index contributed by atoms with van der Waals surface area (Å²) in [6, 6.07) is 0.663. The SMILES string of the molecule is CC=NC1C2C(C#CCC)C12. The summed E-state index contributed by atoms with van der Waals surface area (Å²) in [6.45, 7) is 4.09. The second-order valence-electron chi connectivity index (χ2n) is 3.25. The highest BCUT2D eigenvalue weighted by Crippen LogP contribution is 2.69. The van der Waals surface area contributed by atoms with Crippen molar-refractivity contribution in [3.8, 4) is 11.8 Å². The Kier molecular flexibility index (Phi) is 1.49. The van der Waals surface area contributed by atoms with E-state index in [0.717, 1.165) is 24.2 Å². The summed E-state index contributed by atoms with van der Waals surface area (Å²) < 4.78 is 0. The number of aliphatic imine (C=N–C) groups is 1. The molecule has 0 N–H and O–H groups in total. The van der Waals surface area contributed by atoms with Crippen LogP contribution in [0.15, 0.2) is 4.99 Å². The molecule has 0 amide bonds. The van der Waals surface area contributed by atoms with Crippen molar-refractivity contribution in [2.75, 3.05) is 0 Å². The molecule has 1 nitrogen and oxygen atoms in total. The molecule has 0 radical (unpaired) electrons. The van der Waals surface area contributed by atoms with Gasteiger partial charge in [-0.3, -0.25) is 4.99 Å². The van der Waals surface area contributed by atoms with Gasteiger partial charge in [0.1, 0.15) is 0 Å². The maximum absolute atomic E-state index is 4.33. The Labute approximate surface area is 67.9 Å². The third kappa shape index (κ3) is 0.976. The van der Waals surface area contributed by atoms with Gasteiger partial charge in [-0.05, 0) is 13.1 Å². The number of fused-ring (bicyclic) bond motifs is 1. The molecule has 0 saturated heterocycles. The number of hydrogen-bond donors (Lipinski definition) is 0. The van der Waals surface area contributed by atoms with Gasteiger partial charge in [0.15, 0.2) is 0 Å². The Hall–Kier alpha value is -0.770. The highest BCUT2D eigenvalue weighted by molar-refractivity contribution is 5.55. The summed E-state index contributed by atoms with van der Waals surface area (Å²) in [5.74, 6) is 8.83. The lowest BCUT2D eigenvalue weighted by molar-refractivity contribution is 0.668. The van der Waals surface area contributed by atoms with Crippen molar-refractivity contribution in [2.24, 2.45) is 22.7 Å². The van der Waals surface area contributed by atoms with Crippen LogP contribution in [0.3, 0.4) is 0 Å². The van der Waals surface area contributed by atoms with Gasteiger partial charge in [0.05, 0.1) is 6.04 Å². The highest BCUT2D eigenvalue weighted by atomic mass is 15.0. The topological polar surface area (TPSA) is 12.4 Å². The molecule has 0 heterocycles. The lowest BCUT2D eigenvalue weighted by Crippen LogP contribution is -2.00. The molecular weight excluding hydrogens is 134 g/mol. The molecule has 11 heavy (non-hydrogen) atoms. The Bertz CT molecular complexity index is 233. The van der Waals surface area contributed by atoms with E-state index in [4.69, 9.17) is 0 Å². The van der Waals surface area contributed by atoms with Gasteiger partial charge in [-0.15, -0.1) is 5.92 Å². The first-order valence-corrected chi connectivity index (χ1v) is 4.36. The first kappa shape index (κ1) is 6.91. The average Bonchev–Trinajstić information content (AvgIpc) is 2.85. The number of rotatable bonds is 1. The fraction of sp³-hybridized carbons (Fsp3) is 0.700. The smallest absolute Gasteiger partial charge is 0.0583 e. The van der Waals surface area contributed by atoms with Crippen LogP contribution in [0.1, 0.15) is 20.3 Å². The summed E-state index contributed by atoms with van der Waals surface area (Å²) in [7, 11) is 0. The molecule has 2 aliphatic carbocycles. The van der Waals surface area contributed by atoms with E-state index in [9.17, 15) is 0 Å². The van der Waals surface area contributed by atoms with E-state index in [1.165, 1.54) is 0 Å². The lowest BCUT2D eigenvalue weighted by Gasteiger charge is -1.98. The molecule has 1 heteroatoms. The van der Waals surface area contributed by atoms with Crippen LogP contribution in [-0.4, -0.2) is 12.3 Å². The minimum Gasteiger partial charge on any atom is -0.294 e. The molecule has 0 bridgehead atoms. The van der Waals surface area contributed by atoms with Gasteiger partial charge in [0.2, 0.25) is 0 Å². The van der Waals surface area contributed by atoms with Gasteiger partial charge in [-0.1, -0.05) is 12.8 Å². The van der Waals surface area contributed by atoms with Crippen LogP contribution >= 0.6 is 0 Å². The molecule has 0 aromatic rings. The zero-order valence-electron chi connectivity index (χ0n) is 7.04. The summed E-state index contributed by atoms with van der Waals surface area (Å²) in [6.07, 6.45) is 2.92. The van der Waals surface area contributed by atoms with Crippen molar-refractivity contribution < 1.29 is 0 Å². The van der Waals surface area contributed by atoms with Crippen molar-refractivity contribution in [3.63, 3.8) is 0 Å². The predicted molar refractivity (Wildman–Crippen MR) is 46.5 cm³/mol. The molecule has 2 atom stereocenters. The van der Waals surface area contributed by atoms with Crippen molar-refractivity contribution >= 4 is 6.21 Å². The Morgan fingerprint density at radius 1 is 1.45 bits per heavy atom. The zero-order chi connectivity index (χ0) is 7.84. The quantitative estimate of drug-likeness (QED) is 0.395. The fourth-order valence-corrected chi connectivity index (χ4v) is 1.76.